The predicted octanol–water partition coefficient (Wildman–Crippen LogP) is 2.71. The van der Waals surface area contributed by atoms with Crippen LogP contribution in [0.15, 0.2) is 41.8 Å². The molecule has 1 saturated carbocycles. The second-order valence-electron chi connectivity index (χ2n) is 6.21. The molecule has 25 heavy (non-hydrogen) atoms. The predicted molar refractivity (Wildman–Crippen MR) is 94.2 cm³/mol. The molecule has 7 heteroatoms. The van der Waals surface area contributed by atoms with Crippen molar-refractivity contribution in [1.82, 2.24) is 5.32 Å². The van der Waals surface area contributed by atoms with Crippen molar-refractivity contribution >= 4 is 23.3 Å². The molecule has 0 saturated heterocycles. The van der Waals surface area contributed by atoms with E-state index in [2.05, 4.69) is 5.32 Å². The Bertz CT molecular complexity index is 756. The molecule has 6 nitrogen and oxygen atoms in total. The lowest BCUT2D eigenvalue weighted by molar-refractivity contribution is -0.123. The Kier molecular flexibility index (Phi) is 4.67. The third-order valence-electron chi connectivity index (χ3n) is 4.43. The van der Waals surface area contributed by atoms with E-state index >= 15 is 0 Å². The minimum absolute atomic E-state index is 0.0539. The second kappa shape index (κ2) is 6.76. The summed E-state index contributed by atoms with van der Waals surface area (Å²) in [5.74, 6) is -0.293. The molecule has 2 aromatic rings. The molecule has 0 aliphatic heterocycles. The molecule has 1 aliphatic carbocycles. The normalized spacial score (nSPS) is 17.3. The van der Waals surface area contributed by atoms with Crippen molar-refractivity contribution < 1.29 is 19.4 Å². The van der Waals surface area contributed by atoms with Crippen LogP contribution in [0.1, 0.15) is 30.2 Å². The van der Waals surface area contributed by atoms with Crippen LogP contribution >= 0.6 is 11.3 Å². The maximum atomic E-state index is 12.5. The molecule has 0 radical (unpaired) electrons. The molecule has 2 amide bonds. The van der Waals surface area contributed by atoms with Gasteiger partial charge in [0.05, 0.1) is 0 Å². The summed E-state index contributed by atoms with van der Waals surface area (Å²) in [4.78, 5) is 25.5. The maximum Gasteiger partial charge on any atom is 0.408 e. The van der Waals surface area contributed by atoms with Gasteiger partial charge in [-0.2, -0.15) is 0 Å². The van der Waals surface area contributed by atoms with Gasteiger partial charge in [0.2, 0.25) is 0 Å². The number of nitrogens with two attached hydrogens (primary N) is 1. The minimum Gasteiger partial charge on any atom is -0.508 e. The third kappa shape index (κ3) is 3.46. The highest BCUT2D eigenvalue weighted by Gasteiger charge is 2.44. The fraction of sp³-hybridized carbons (Fsp3) is 0.333. The van der Waals surface area contributed by atoms with Gasteiger partial charge in [0.25, 0.3) is 5.91 Å². The number of amides is 2. The van der Waals surface area contributed by atoms with Crippen LogP contribution in [0.4, 0.5) is 4.79 Å². The molecule has 1 aliphatic rings. The number of phenols is 1. The summed E-state index contributed by atoms with van der Waals surface area (Å²) >= 11 is 1.30. The molecule has 2 unspecified atom stereocenters. The molecule has 1 fully saturated rings. The molecular formula is C18H20N2O4S. The van der Waals surface area contributed by atoms with Crippen molar-refractivity contribution in [2.24, 2.45) is 11.7 Å². The van der Waals surface area contributed by atoms with Crippen molar-refractivity contribution in [3.63, 3.8) is 0 Å². The van der Waals surface area contributed by atoms with Crippen molar-refractivity contribution in [2.75, 3.05) is 0 Å². The van der Waals surface area contributed by atoms with E-state index in [0.717, 1.165) is 12.8 Å². The van der Waals surface area contributed by atoms with Crippen molar-refractivity contribution in [2.45, 2.75) is 31.4 Å². The minimum atomic E-state index is -1.55. The molecule has 0 bridgehead atoms. The maximum absolute atomic E-state index is 12.5. The highest BCUT2D eigenvalue weighted by Crippen LogP contribution is 2.36. The Morgan fingerprint density at radius 2 is 2.00 bits per heavy atom. The Morgan fingerprint density at radius 1 is 1.32 bits per heavy atom. The second-order valence-corrected chi connectivity index (χ2v) is 7.16. The van der Waals surface area contributed by atoms with Crippen molar-refractivity contribution in [1.29, 1.82) is 0 Å². The van der Waals surface area contributed by atoms with Crippen molar-refractivity contribution in [3.8, 4) is 5.75 Å². The fourth-order valence-electron chi connectivity index (χ4n) is 2.82. The molecule has 1 aromatic carbocycles. The summed E-state index contributed by atoms with van der Waals surface area (Å²) in [5.41, 5.74) is 4.62. The van der Waals surface area contributed by atoms with E-state index in [-0.39, 0.29) is 11.9 Å². The molecular weight excluding hydrogens is 340 g/mol. The van der Waals surface area contributed by atoms with Gasteiger partial charge in [-0.05, 0) is 54.8 Å². The van der Waals surface area contributed by atoms with Gasteiger partial charge >= 0.3 is 6.09 Å². The number of alkyl carbamates (subject to hydrolysis) is 1. The number of phenolic OH excluding ortho intramolecular Hbond substituents is 1. The number of rotatable bonds is 6. The van der Waals surface area contributed by atoms with E-state index in [1.54, 1.807) is 29.6 Å². The first-order chi connectivity index (χ1) is 11.9. The fourth-order valence-corrected chi connectivity index (χ4v) is 3.73. The summed E-state index contributed by atoms with van der Waals surface area (Å²) in [6.07, 6.45) is 1.17. The van der Waals surface area contributed by atoms with E-state index in [1.165, 1.54) is 23.5 Å². The Morgan fingerprint density at radius 3 is 2.52 bits per heavy atom. The third-order valence-corrected chi connectivity index (χ3v) is 5.42. The number of aromatic hydroxyl groups is 1. The topological polar surface area (TPSA) is 102 Å². The van der Waals surface area contributed by atoms with Crippen LogP contribution in [-0.2, 0) is 15.1 Å². The van der Waals surface area contributed by atoms with Gasteiger partial charge in [0.15, 0.2) is 5.54 Å². The van der Waals surface area contributed by atoms with Gasteiger partial charge in [0.1, 0.15) is 11.9 Å². The SMILES string of the molecule is CC(OC(=O)NC(C(N)=O)(c1ccc(O)cc1)c1cccs1)C1CC1. The Labute approximate surface area is 149 Å². The number of carbonyl (C=O) groups excluding carboxylic acids is 2. The molecule has 2 atom stereocenters. The van der Waals surface area contributed by atoms with Crippen LogP contribution in [0.25, 0.3) is 0 Å². The molecule has 0 spiro atoms. The average molecular weight is 360 g/mol. The first kappa shape index (κ1) is 17.3. The quantitative estimate of drug-likeness (QED) is 0.737. The standard InChI is InChI=1S/C18H20N2O4S/c1-11(12-4-5-12)24-17(23)20-18(16(19)22,15-3-2-10-25-15)13-6-8-14(21)9-7-13/h2-3,6-12,21H,4-5H2,1H3,(H2,19,22)(H,20,23). The van der Waals surface area contributed by atoms with Crippen molar-refractivity contribution in [3.05, 3.63) is 52.2 Å². The largest absolute Gasteiger partial charge is 0.508 e. The first-order valence-electron chi connectivity index (χ1n) is 8.05. The molecule has 132 valence electrons. The lowest BCUT2D eigenvalue weighted by atomic mass is 9.87. The van der Waals surface area contributed by atoms with Crippen LogP contribution in [-0.4, -0.2) is 23.2 Å². The van der Waals surface area contributed by atoms with Gasteiger partial charge in [-0.15, -0.1) is 11.3 Å². The lowest BCUT2D eigenvalue weighted by Gasteiger charge is -2.31. The highest BCUT2D eigenvalue weighted by molar-refractivity contribution is 7.10. The van der Waals surface area contributed by atoms with Crippen LogP contribution in [0.3, 0.4) is 0 Å². The molecule has 1 heterocycles. The van der Waals surface area contributed by atoms with Gasteiger partial charge in [-0.1, -0.05) is 18.2 Å². The summed E-state index contributed by atoms with van der Waals surface area (Å²) in [6, 6.07) is 9.51. The number of thiophene rings is 1. The summed E-state index contributed by atoms with van der Waals surface area (Å²) in [7, 11) is 0. The Balaban J connectivity index is 1.97. The van der Waals surface area contributed by atoms with Crippen LogP contribution in [0, 0.1) is 5.92 Å². The first-order valence-corrected chi connectivity index (χ1v) is 8.93. The zero-order valence-corrected chi connectivity index (χ0v) is 14.6. The average Bonchev–Trinajstić information content (AvgIpc) is 3.28. The number of carbonyl (C=O) groups is 2. The van der Waals surface area contributed by atoms with E-state index < -0.39 is 17.5 Å². The zero-order chi connectivity index (χ0) is 18.0. The van der Waals surface area contributed by atoms with E-state index in [9.17, 15) is 14.7 Å². The highest BCUT2D eigenvalue weighted by atomic mass is 32.1. The number of primary amides is 1. The summed E-state index contributed by atoms with van der Waals surface area (Å²) in [5, 5.41) is 14.0. The molecule has 4 N–H and O–H groups in total. The lowest BCUT2D eigenvalue weighted by Crippen LogP contribution is -2.55. The zero-order valence-electron chi connectivity index (χ0n) is 13.8. The molecule has 3 rings (SSSR count). The van der Waals surface area contributed by atoms with Crippen LogP contribution in [0.5, 0.6) is 5.75 Å². The van der Waals surface area contributed by atoms with Gasteiger partial charge in [-0.3, -0.25) is 10.1 Å². The molecule has 1 aromatic heterocycles. The summed E-state index contributed by atoms with van der Waals surface area (Å²) in [6.45, 7) is 1.84. The van der Waals surface area contributed by atoms with E-state index in [4.69, 9.17) is 10.5 Å². The van der Waals surface area contributed by atoms with Crippen LogP contribution < -0.4 is 11.1 Å². The van der Waals surface area contributed by atoms with Gasteiger partial charge < -0.3 is 15.6 Å². The van der Waals surface area contributed by atoms with Gasteiger partial charge in [0, 0.05) is 4.88 Å². The van der Waals surface area contributed by atoms with Gasteiger partial charge in [-0.25, -0.2) is 4.79 Å². The van der Waals surface area contributed by atoms with E-state index in [1.807, 2.05) is 6.92 Å². The number of hydrogen-bond donors (Lipinski definition) is 3. The number of nitrogens with one attached hydrogen (secondary N) is 1. The number of ether oxygens (including phenoxy) is 1. The Hall–Kier alpha value is -2.54. The monoisotopic (exact) mass is 360 g/mol. The number of hydrogen-bond acceptors (Lipinski definition) is 5. The smallest absolute Gasteiger partial charge is 0.408 e. The number of benzene rings is 1. The summed E-state index contributed by atoms with van der Waals surface area (Å²) < 4.78 is 5.42. The van der Waals surface area contributed by atoms with E-state index in [0.29, 0.717) is 16.4 Å². The van der Waals surface area contributed by atoms with Crippen LogP contribution in [0.2, 0.25) is 0 Å².